The van der Waals surface area contributed by atoms with Crippen molar-refractivity contribution in [3.63, 3.8) is 0 Å². The summed E-state index contributed by atoms with van der Waals surface area (Å²) in [6.45, 7) is 5.04. The summed E-state index contributed by atoms with van der Waals surface area (Å²) in [7, 11) is 0. The fraction of sp³-hybridized carbons (Fsp3) is 0.250. The Hall–Kier alpha value is -1.02. The number of aryl methyl sites for hydroxylation is 1. The molecule has 1 atom stereocenters. The fourth-order valence-corrected chi connectivity index (χ4v) is 2.65. The van der Waals surface area contributed by atoms with E-state index in [-0.39, 0.29) is 6.04 Å². The minimum absolute atomic E-state index is 0.0670. The van der Waals surface area contributed by atoms with E-state index in [1.165, 1.54) is 11.1 Å². The van der Waals surface area contributed by atoms with Crippen LogP contribution in [0.5, 0.6) is 0 Å². The van der Waals surface area contributed by atoms with Crippen molar-refractivity contribution in [3.05, 3.63) is 69.2 Å². The van der Waals surface area contributed by atoms with Gasteiger partial charge in [0, 0.05) is 10.0 Å². The average molecular weight is 294 g/mol. The van der Waals surface area contributed by atoms with Crippen molar-refractivity contribution in [2.24, 2.45) is 0 Å². The molecule has 0 radical (unpaired) electrons. The highest BCUT2D eigenvalue weighted by Crippen LogP contribution is 2.31. The van der Waals surface area contributed by atoms with Gasteiger partial charge in [-0.3, -0.25) is 0 Å². The van der Waals surface area contributed by atoms with Crippen LogP contribution in [0.25, 0.3) is 0 Å². The van der Waals surface area contributed by atoms with Crippen LogP contribution in [0.4, 0.5) is 0 Å². The zero-order valence-electron chi connectivity index (χ0n) is 11.1. The van der Waals surface area contributed by atoms with Crippen LogP contribution in [-0.4, -0.2) is 6.54 Å². The highest BCUT2D eigenvalue weighted by atomic mass is 35.5. The lowest BCUT2D eigenvalue weighted by atomic mass is 9.95. The molecule has 0 heterocycles. The summed E-state index contributed by atoms with van der Waals surface area (Å²) in [5.41, 5.74) is 3.45. The summed E-state index contributed by atoms with van der Waals surface area (Å²) >= 11 is 12.5. The summed E-state index contributed by atoms with van der Waals surface area (Å²) in [5.74, 6) is 0. The first-order valence-electron chi connectivity index (χ1n) is 6.37. The first-order valence-corrected chi connectivity index (χ1v) is 7.13. The number of hydrogen-bond donors (Lipinski definition) is 1. The molecule has 0 amide bonds. The van der Waals surface area contributed by atoms with Crippen LogP contribution in [0.1, 0.15) is 29.7 Å². The standard InChI is InChI=1S/C16H17Cl2N/c1-3-19-16(13-6-4-5-7-15(13)18)14-10-12(17)9-8-11(14)2/h4-10,16,19H,3H2,1-2H3. The quantitative estimate of drug-likeness (QED) is 0.836. The lowest BCUT2D eigenvalue weighted by Crippen LogP contribution is -2.23. The minimum atomic E-state index is 0.0670. The molecule has 3 heteroatoms. The summed E-state index contributed by atoms with van der Waals surface area (Å²) in [5, 5.41) is 5.00. The molecule has 2 aromatic rings. The van der Waals surface area contributed by atoms with Crippen LogP contribution in [0.3, 0.4) is 0 Å². The Balaban J connectivity index is 2.51. The normalized spacial score (nSPS) is 12.4. The van der Waals surface area contributed by atoms with Gasteiger partial charge in [0.15, 0.2) is 0 Å². The van der Waals surface area contributed by atoms with Crippen molar-refractivity contribution in [2.45, 2.75) is 19.9 Å². The molecule has 0 fully saturated rings. The van der Waals surface area contributed by atoms with Crippen LogP contribution in [0.15, 0.2) is 42.5 Å². The van der Waals surface area contributed by atoms with Gasteiger partial charge >= 0.3 is 0 Å². The third-order valence-electron chi connectivity index (χ3n) is 3.18. The molecule has 0 spiro atoms. The van der Waals surface area contributed by atoms with Crippen molar-refractivity contribution >= 4 is 23.2 Å². The van der Waals surface area contributed by atoms with Gasteiger partial charge in [0.25, 0.3) is 0 Å². The average Bonchev–Trinajstić information content (AvgIpc) is 2.40. The van der Waals surface area contributed by atoms with Crippen LogP contribution >= 0.6 is 23.2 Å². The van der Waals surface area contributed by atoms with E-state index < -0.39 is 0 Å². The van der Waals surface area contributed by atoms with Gasteiger partial charge in [0.2, 0.25) is 0 Å². The Morgan fingerprint density at radius 3 is 2.47 bits per heavy atom. The van der Waals surface area contributed by atoms with Crippen LogP contribution in [0, 0.1) is 6.92 Å². The molecule has 0 bridgehead atoms. The number of benzene rings is 2. The number of hydrogen-bond acceptors (Lipinski definition) is 1. The molecule has 0 aliphatic carbocycles. The Morgan fingerprint density at radius 2 is 1.79 bits per heavy atom. The first-order chi connectivity index (χ1) is 9.13. The molecule has 0 saturated carbocycles. The predicted octanol–water partition coefficient (Wildman–Crippen LogP) is 5.00. The lowest BCUT2D eigenvalue weighted by molar-refractivity contribution is 0.628. The van der Waals surface area contributed by atoms with Crippen molar-refractivity contribution in [1.29, 1.82) is 0 Å². The van der Waals surface area contributed by atoms with Gasteiger partial charge in [-0.05, 0) is 48.4 Å². The highest BCUT2D eigenvalue weighted by molar-refractivity contribution is 6.31. The highest BCUT2D eigenvalue weighted by Gasteiger charge is 2.17. The second-order valence-electron chi connectivity index (χ2n) is 4.51. The molecule has 0 saturated heterocycles. The summed E-state index contributed by atoms with van der Waals surface area (Å²) in [6.07, 6.45) is 0. The van der Waals surface area contributed by atoms with Crippen molar-refractivity contribution in [3.8, 4) is 0 Å². The number of halogens is 2. The molecule has 1 unspecified atom stereocenters. The van der Waals surface area contributed by atoms with E-state index in [4.69, 9.17) is 23.2 Å². The fourth-order valence-electron chi connectivity index (χ4n) is 2.22. The number of nitrogens with one attached hydrogen (secondary N) is 1. The largest absolute Gasteiger partial charge is 0.306 e. The van der Waals surface area contributed by atoms with Crippen LogP contribution in [-0.2, 0) is 0 Å². The van der Waals surface area contributed by atoms with Gasteiger partial charge < -0.3 is 5.32 Å². The SMILES string of the molecule is CCNC(c1cc(Cl)ccc1C)c1ccccc1Cl. The summed E-state index contributed by atoms with van der Waals surface area (Å²) < 4.78 is 0. The zero-order chi connectivity index (χ0) is 13.8. The van der Waals surface area contributed by atoms with E-state index in [0.717, 1.165) is 22.2 Å². The van der Waals surface area contributed by atoms with E-state index >= 15 is 0 Å². The summed E-state index contributed by atoms with van der Waals surface area (Å²) in [6, 6.07) is 13.9. The Labute approximate surface area is 124 Å². The lowest BCUT2D eigenvalue weighted by Gasteiger charge is -2.22. The second-order valence-corrected chi connectivity index (χ2v) is 5.36. The maximum atomic E-state index is 6.32. The molecule has 1 N–H and O–H groups in total. The molecule has 0 aromatic heterocycles. The van der Waals surface area contributed by atoms with Crippen molar-refractivity contribution in [1.82, 2.24) is 5.32 Å². The van der Waals surface area contributed by atoms with Crippen LogP contribution < -0.4 is 5.32 Å². The maximum Gasteiger partial charge on any atom is 0.0594 e. The van der Waals surface area contributed by atoms with Gasteiger partial charge in [-0.15, -0.1) is 0 Å². The first kappa shape index (κ1) is 14.4. The monoisotopic (exact) mass is 293 g/mol. The van der Waals surface area contributed by atoms with Crippen molar-refractivity contribution in [2.75, 3.05) is 6.54 Å². The molecule has 0 aliphatic heterocycles. The second kappa shape index (κ2) is 6.42. The Kier molecular flexibility index (Phi) is 4.87. The van der Waals surface area contributed by atoms with Gasteiger partial charge in [-0.25, -0.2) is 0 Å². The van der Waals surface area contributed by atoms with E-state index in [1.54, 1.807) is 0 Å². The third-order valence-corrected chi connectivity index (χ3v) is 3.76. The van der Waals surface area contributed by atoms with E-state index in [2.05, 4.69) is 25.2 Å². The van der Waals surface area contributed by atoms with Gasteiger partial charge in [0.05, 0.1) is 6.04 Å². The zero-order valence-corrected chi connectivity index (χ0v) is 12.6. The van der Waals surface area contributed by atoms with Gasteiger partial charge in [-0.2, -0.15) is 0 Å². The Bertz CT molecular complexity index is 566. The van der Waals surface area contributed by atoms with E-state index in [0.29, 0.717) is 0 Å². The molecule has 2 aromatic carbocycles. The molecule has 1 nitrogen and oxygen atoms in total. The van der Waals surface area contributed by atoms with E-state index in [9.17, 15) is 0 Å². The molecule has 2 rings (SSSR count). The van der Waals surface area contributed by atoms with Crippen LogP contribution in [0.2, 0.25) is 10.0 Å². The molecule has 100 valence electrons. The maximum absolute atomic E-state index is 6.32. The topological polar surface area (TPSA) is 12.0 Å². The third kappa shape index (κ3) is 3.30. The molecular weight excluding hydrogens is 277 g/mol. The molecular formula is C16H17Cl2N. The predicted molar refractivity (Wildman–Crippen MR) is 83.2 cm³/mol. The molecule has 0 aliphatic rings. The van der Waals surface area contributed by atoms with Crippen molar-refractivity contribution < 1.29 is 0 Å². The van der Waals surface area contributed by atoms with Gasteiger partial charge in [0.1, 0.15) is 0 Å². The minimum Gasteiger partial charge on any atom is -0.306 e. The summed E-state index contributed by atoms with van der Waals surface area (Å²) in [4.78, 5) is 0. The smallest absolute Gasteiger partial charge is 0.0594 e. The van der Waals surface area contributed by atoms with Gasteiger partial charge in [-0.1, -0.05) is 54.4 Å². The Morgan fingerprint density at radius 1 is 1.05 bits per heavy atom. The molecule has 19 heavy (non-hydrogen) atoms. The van der Waals surface area contributed by atoms with E-state index in [1.807, 2.05) is 36.4 Å². The number of rotatable bonds is 4.